The van der Waals surface area contributed by atoms with Crippen molar-refractivity contribution in [3.63, 3.8) is 0 Å². The largest absolute Gasteiger partial charge is 0.490 e. The van der Waals surface area contributed by atoms with Crippen molar-refractivity contribution in [3.05, 3.63) is 66.0 Å². The molecule has 2 amide bonds. The number of rotatable bonds is 3. The maximum absolute atomic E-state index is 13.1. The summed E-state index contributed by atoms with van der Waals surface area (Å²) in [5, 5.41) is 7.12. The third-order valence-corrected chi connectivity index (χ3v) is 6.44. The molecule has 2 fully saturated rings. The van der Waals surface area contributed by atoms with Crippen LogP contribution in [0.1, 0.15) is 37.4 Å². The van der Waals surface area contributed by atoms with Crippen molar-refractivity contribution in [2.24, 2.45) is 0 Å². The number of fused-ring (bicyclic) bond motifs is 1. The average Bonchev–Trinajstić information content (AvgIpc) is 3.10. The zero-order chi connectivity index (χ0) is 24.9. The van der Waals surface area contributed by atoms with E-state index in [1.807, 2.05) is 34.1 Å². The summed E-state index contributed by atoms with van der Waals surface area (Å²) in [7, 11) is 0. The average molecular weight is 477 g/mol. The van der Waals surface area contributed by atoms with E-state index in [1.54, 1.807) is 13.1 Å². The highest BCUT2D eigenvalue weighted by atomic mass is 19.4. The van der Waals surface area contributed by atoms with E-state index in [9.17, 15) is 22.8 Å². The van der Waals surface area contributed by atoms with Crippen LogP contribution in [0, 0.1) is 0 Å². The van der Waals surface area contributed by atoms with Crippen molar-refractivity contribution < 1.29 is 32.7 Å². The molecule has 2 saturated heterocycles. The van der Waals surface area contributed by atoms with Crippen LogP contribution < -0.4 is 0 Å². The van der Waals surface area contributed by atoms with E-state index in [2.05, 4.69) is 29.2 Å². The lowest BCUT2D eigenvalue weighted by Gasteiger charge is -2.36. The van der Waals surface area contributed by atoms with E-state index in [-0.39, 0.29) is 23.3 Å². The van der Waals surface area contributed by atoms with E-state index >= 15 is 0 Å². The minimum Gasteiger partial charge on any atom is -0.475 e. The van der Waals surface area contributed by atoms with Gasteiger partial charge in [0.25, 0.3) is 0 Å². The Morgan fingerprint density at radius 2 is 1.71 bits per heavy atom. The number of aromatic nitrogens is 1. The number of amides is 2. The lowest BCUT2D eigenvalue weighted by molar-refractivity contribution is -0.192. The highest BCUT2D eigenvalue weighted by Gasteiger charge is 2.51. The van der Waals surface area contributed by atoms with Gasteiger partial charge in [0.2, 0.25) is 11.8 Å². The summed E-state index contributed by atoms with van der Waals surface area (Å²) in [6.07, 6.45) is -1.17. The van der Waals surface area contributed by atoms with E-state index in [4.69, 9.17) is 9.90 Å². The normalized spacial score (nSPS) is 22.4. The number of carboxylic acid groups (broad SMARTS) is 1. The summed E-state index contributed by atoms with van der Waals surface area (Å²) in [5.41, 5.74) is 1.99. The molecule has 1 aromatic heterocycles. The van der Waals surface area contributed by atoms with Crippen LogP contribution >= 0.6 is 0 Å². The van der Waals surface area contributed by atoms with Gasteiger partial charge in [0.05, 0.1) is 18.3 Å². The molecular weight excluding hydrogens is 451 g/mol. The predicted octanol–water partition coefficient (Wildman–Crippen LogP) is 3.40. The summed E-state index contributed by atoms with van der Waals surface area (Å²) in [4.78, 5) is 42.4. The number of likely N-dealkylation sites (tertiary alicyclic amines) is 2. The monoisotopic (exact) mass is 477 g/mol. The first-order valence-corrected chi connectivity index (χ1v) is 10.8. The van der Waals surface area contributed by atoms with Gasteiger partial charge in [-0.05, 0) is 30.5 Å². The molecule has 34 heavy (non-hydrogen) atoms. The van der Waals surface area contributed by atoms with E-state index < -0.39 is 12.1 Å². The smallest absolute Gasteiger partial charge is 0.475 e. The van der Waals surface area contributed by atoms with Gasteiger partial charge in [0.1, 0.15) is 0 Å². The van der Waals surface area contributed by atoms with Crippen molar-refractivity contribution in [1.29, 1.82) is 0 Å². The van der Waals surface area contributed by atoms with Gasteiger partial charge in [-0.3, -0.25) is 14.6 Å². The van der Waals surface area contributed by atoms with Crippen molar-refractivity contribution in [2.45, 2.75) is 50.4 Å². The molecule has 1 N–H and O–H groups in total. The lowest BCUT2D eigenvalue weighted by atomic mass is 9.71. The number of aliphatic carboxylic acids is 1. The van der Waals surface area contributed by atoms with Crippen LogP contribution in [0.25, 0.3) is 0 Å². The Morgan fingerprint density at radius 1 is 1.09 bits per heavy atom. The molecule has 2 aliphatic heterocycles. The van der Waals surface area contributed by atoms with E-state index in [0.717, 1.165) is 25.1 Å². The van der Waals surface area contributed by atoms with Gasteiger partial charge >= 0.3 is 12.1 Å². The van der Waals surface area contributed by atoms with Gasteiger partial charge in [-0.25, -0.2) is 4.79 Å². The molecule has 0 aliphatic carbocycles. The van der Waals surface area contributed by atoms with Crippen LogP contribution in [-0.2, 0) is 26.3 Å². The maximum atomic E-state index is 13.1. The van der Waals surface area contributed by atoms with Crippen LogP contribution in [0.3, 0.4) is 0 Å². The molecule has 1 aromatic carbocycles. The number of pyridine rings is 1. The molecule has 2 unspecified atom stereocenters. The number of carbonyl (C=O) groups excluding carboxylic acids is 2. The summed E-state index contributed by atoms with van der Waals surface area (Å²) in [6, 6.07) is 16.1. The van der Waals surface area contributed by atoms with E-state index in [1.165, 1.54) is 5.56 Å². The number of hydrogen-bond donors (Lipinski definition) is 1. The summed E-state index contributed by atoms with van der Waals surface area (Å²) in [5.74, 6) is -2.59. The van der Waals surface area contributed by atoms with Crippen molar-refractivity contribution in [2.75, 3.05) is 13.1 Å². The second-order valence-electron chi connectivity index (χ2n) is 8.39. The molecular formula is C24H26F3N3O4. The van der Waals surface area contributed by atoms with Crippen molar-refractivity contribution in [1.82, 2.24) is 14.8 Å². The number of nitrogens with zero attached hydrogens (tertiary/aromatic N) is 3. The summed E-state index contributed by atoms with van der Waals surface area (Å²) < 4.78 is 31.7. The van der Waals surface area contributed by atoms with Crippen molar-refractivity contribution in [3.8, 4) is 0 Å². The Morgan fingerprint density at radius 3 is 2.26 bits per heavy atom. The molecule has 182 valence electrons. The predicted molar refractivity (Wildman–Crippen MR) is 116 cm³/mol. The lowest BCUT2D eigenvalue weighted by Crippen LogP contribution is -2.45. The Bertz CT molecular complexity index is 1020. The Hall–Kier alpha value is -3.43. The Labute approximate surface area is 195 Å². The fourth-order valence-electron chi connectivity index (χ4n) is 4.77. The van der Waals surface area contributed by atoms with Gasteiger partial charge < -0.3 is 14.9 Å². The van der Waals surface area contributed by atoms with Crippen LogP contribution in [0.5, 0.6) is 0 Å². The van der Waals surface area contributed by atoms with Gasteiger partial charge in [-0.1, -0.05) is 36.4 Å². The zero-order valence-electron chi connectivity index (χ0n) is 18.7. The molecule has 2 aromatic rings. The number of alkyl halides is 3. The van der Waals surface area contributed by atoms with Gasteiger partial charge in [-0.2, -0.15) is 13.2 Å². The number of hydrogen-bond acceptors (Lipinski definition) is 4. The maximum Gasteiger partial charge on any atom is 0.490 e. The third kappa shape index (κ3) is 5.55. The minimum atomic E-state index is -5.08. The number of benzene rings is 1. The molecule has 7 nitrogen and oxygen atoms in total. The highest BCUT2D eigenvalue weighted by molar-refractivity contribution is 5.80. The fraction of sp³-hybridized carbons (Fsp3) is 0.417. The summed E-state index contributed by atoms with van der Waals surface area (Å²) >= 11 is 0. The number of halogens is 3. The second-order valence-corrected chi connectivity index (χ2v) is 8.39. The molecule has 2 atom stereocenters. The minimum absolute atomic E-state index is 0.0591. The van der Waals surface area contributed by atoms with Gasteiger partial charge in [0.15, 0.2) is 0 Å². The third-order valence-electron chi connectivity index (χ3n) is 6.44. The summed E-state index contributed by atoms with van der Waals surface area (Å²) in [6.45, 7) is 3.55. The second kappa shape index (κ2) is 10.2. The SMILES string of the molecule is CC(=O)N1CCC2(c3ccccc3)CCN(Cc3ccccn3)C(=O)CC12.O=C(O)C(F)(F)F. The molecule has 0 saturated carbocycles. The molecule has 3 heterocycles. The fourth-order valence-corrected chi connectivity index (χ4v) is 4.77. The van der Waals surface area contributed by atoms with Crippen LogP contribution in [0.15, 0.2) is 54.7 Å². The first kappa shape index (κ1) is 25.2. The first-order chi connectivity index (χ1) is 16.0. The van der Waals surface area contributed by atoms with Gasteiger partial charge in [0, 0.05) is 38.0 Å². The molecule has 0 radical (unpaired) electrons. The Balaban J connectivity index is 0.000000406. The van der Waals surface area contributed by atoms with Gasteiger partial charge in [-0.15, -0.1) is 0 Å². The molecule has 0 spiro atoms. The number of carbonyl (C=O) groups is 3. The first-order valence-electron chi connectivity index (χ1n) is 10.8. The molecule has 10 heteroatoms. The molecule has 4 rings (SSSR count). The zero-order valence-corrected chi connectivity index (χ0v) is 18.7. The topological polar surface area (TPSA) is 90.8 Å². The standard InChI is InChI=1S/C22H25N3O2.C2HF3O2/c1-17(26)25-14-11-22(18-7-3-2-4-8-18)10-13-24(21(27)15-20(22)25)16-19-9-5-6-12-23-19;3-2(4,5)1(6)7/h2-9,12,20H,10-11,13-16H2,1H3;(H,6,7). The van der Waals surface area contributed by atoms with Crippen LogP contribution in [-0.4, -0.2) is 63.0 Å². The van der Waals surface area contributed by atoms with Crippen LogP contribution in [0.4, 0.5) is 13.2 Å². The van der Waals surface area contributed by atoms with E-state index in [0.29, 0.717) is 19.5 Å². The quantitative estimate of drug-likeness (QED) is 0.732. The molecule has 2 aliphatic rings. The highest BCUT2D eigenvalue weighted by Crippen LogP contribution is 2.46. The van der Waals surface area contributed by atoms with Crippen LogP contribution in [0.2, 0.25) is 0 Å². The number of carboxylic acids is 1. The van der Waals surface area contributed by atoms with Crippen molar-refractivity contribution >= 4 is 17.8 Å². The Kier molecular flexibility index (Phi) is 7.58. The molecule has 0 bridgehead atoms.